The Morgan fingerprint density at radius 3 is 2.00 bits per heavy atom. The minimum atomic E-state index is 0. The number of hydrogen-bond acceptors (Lipinski definition) is 0. The van der Waals surface area contributed by atoms with Crippen LogP contribution in [0.25, 0.3) is 5.57 Å². The molecule has 0 unspecified atom stereocenters. The summed E-state index contributed by atoms with van der Waals surface area (Å²) in [6.07, 6.45) is 0. The number of halogens is 1. The molecule has 0 bridgehead atoms. The Morgan fingerprint density at radius 2 is 1.70 bits per heavy atom. The zero-order valence-electron chi connectivity index (χ0n) is 5.97. The predicted octanol–water partition coefficient (Wildman–Crippen LogP) is -0.276. The average molecular weight is 154 g/mol. The minimum Gasteiger partial charge on any atom is -1.00 e. The van der Waals surface area contributed by atoms with E-state index in [9.17, 15) is 0 Å². The molecule has 0 aliphatic heterocycles. The quantitative estimate of drug-likeness (QED) is 0.521. The highest BCUT2D eigenvalue weighted by molar-refractivity contribution is 5.60. The lowest BCUT2D eigenvalue weighted by molar-refractivity contribution is -0.00000189. The van der Waals surface area contributed by atoms with Gasteiger partial charge in [0.05, 0.1) is 0 Å². The van der Waals surface area contributed by atoms with Gasteiger partial charge in [-0.3, -0.25) is 0 Å². The van der Waals surface area contributed by atoms with Crippen molar-refractivity contribution >= 4 is 5.57 Å². The molecular formula is C9H10Cl-. The maximum Gasteiger partial charge on any atom is -0.0233 e. The lowest BCUT2D eigenvalue weighted by atomic mass is 10.1. The summed E-state index contributed by atoms with van der Waals surface area (Å²) in [7, 11) is 0. The van der Waals surface area contributed by atoms with Crippen molar-refractivity contribution in [1.82, 2.24) is 0 Å². The first-order valence-electron chi connectivity index (χ1n) is 3.01. The van der Waals surface area contributed by atoms with E-state index in [1.807, 2.05) is 25.1 Å². The van der Waals surface area contributed by atoms with Crippen molar-refractivity contribution < 1.29 is 12.4 Å². The van der Waals surface area contributed by atoms with Gasteiger partial charge < -0.3 is 12.4 Å². The van der Waals surface area contributed by atoms with Gasteiger partial charge in [-0.25, -0.2) is 0 Å². The van der Waals surface area contributed by atoms with Crippen LogP contribution in [0.5, 0.6) is 0 Å². The predicted molar refractivity (Wildman–Crippen MR) is 41.2 cm³/mol. The zero-order chi connectivity index (χ0) is 6.69. The third-order valence-electron chi connectivity index (χ3n) is 1.27. The van der Waals surface area contributed by atoms with Gasteiger partial charge in [-0.2, -0.15) is 0 Å². The molecule has 54 valence electrons. The molecule has 0 spiro atoms. The highest BCUT2D eigenvalue weighted by atomic mass is 35.5. The molecular weight excluding hydrogens is 144 g/mol. The van der Waals surface area contributed by atoms with Gasteiger partial charge >= 0.3 is 0 Å². The Morgan fingerprint density at radius 1 is 1.20 bits per heavy atom. The molecule has 1 aromatic carbocycles. The largest absolute Gasteiger partial charge is 1.00 e. The topological polar surface area (TPSA) is 0 Å². The standard InChI is InChI=1S/C9H10.ClH/c1-8(2)9-6-4-3-5-7-9;/h3-7H,1H2,2H3;1H/p-1. The second kappa shape index (κ2) is 4.13. The summed E-state index contributed by atoms with van der Waals surface area (Å²) in [4.78, 5) is 0. The Bertz CT molecular complexity index is 201. The first-order valence-corrected chi connectivity index (χ1v) is 3.01. The zero-order valence-corrected chi connectivity index (χ0v) is 6.73. The molecule has 0 aliphatic carbocycles. The molecule has 0 saturated heterocycles. The second-order valence-electron chi connectivity index (χ2n) is 2.15. The van der Waals surface area contributed by atoms with Crippen LogP contribution < -0.4 is 12.4 Å². The van der Waals surface area contributed by atoms with Crippen molar-refractivity contribution in [3.8, 4) is 0 Å². The Labute approximate surface area is 68.0 Å². The molecule has 1 heteroatoms. The summed E-state index contributed by atoms with van der Waals surface area (Å²) in [6, 6.07) is 10.2. The van der Waals surface area contributed by atoms with E-state index in [0.717, 1.165) is 5.57 Å². The lowest BCUT2D eigenvalue weighted by Gasteiger charge is -1.94. The molecule has 0 radical (unpaired) electrons. The molecule has 0 amide bonds. The van der Waals surface area contributed by atoms with Gasteiger partial charge in [-0.15, -0.1) is 0 Å². The molecule has 1 aromatic rings. The summed E-state index contributed by atoms with van der Waals surface area (Å²) in [5.74, 6) is 0. The lowest BCUT2D eigenvalue weighted by Crippen LogP contribution is -3.00. The van der Waals surface area contributed by atoms with Crippen molar-refractivity contribution in [2.75, 3.05) is 0 Å². The van der Waals surface area contributed by atoms with Gasteiger partial charge in [0.2, 0.25) is 0 Å². The SMILES string of the molecule is C=C(C)c1ccccc1.[Cl-]. The normalized spacial score (nSPS) is 8.10. The van der Waals surface area contributed by atoms with E-state index < -0.39 is 0 Å². The van der Waals surface area contributed by atoms with E-state index in [1.54, 1.807) is 0 Å². The number of rotatable bonds is 1. The molecule has 1 rings (SSSR count). The molecule has 0 fully saturated rings. The van der Waals surface area contributed by atoms with Crippen molar-refractivity contribution in [2.24, 2.45) is 0 Å². The maximum atomic E-state index is 3.83. The molecule has 0 aromatic heterocycles. The Kier molecular flexibility index (Phi) is 3.82. The van der Waals surface area contributed by atoms with Crippen molar-refractivity contribution in [3.63, 3.8) is 0 Å². The molecule has 0 aliphatic rings. The summed E-state index contributed by atoms with van der Waals surface area (Å²) in [6.45, 7) is 5.83. The van der Waals surface area contributed by atoms with Crippen LogP contribution in [-0.2, 0) is 0 Å². The average Bonchev–Trinajstić information content (AvgIpc) is 1.90. The van der Waals surface area contributed by atoms with Crippen LogP contribution in [-0.4, -0.2) is 0 Å². The number of allylic oxidation sites excluding steroid dienone is 1. The fraction of sp³-hybridized carbons (Fsp3) is 0.111. The van der Waals surface area contributed by atoms with E-state index in [2.05, 4.69) is 18.7 Å². The number of hydrogen-bond donors (Lipinski definition) is 0. The third kappa shape index (κ3) is 2.24. The fourth-order valence-electron chi connectivity index (χ4n) is 0.723. The summed E-state index contributed by atoms with van der Waals surface area (Å²) < 4.78 is 0. The van der Waals surface area contributed by atoms with Gasteiger partial charge in [0.1, 0.15) is 0 Å². The van der Waals surface area contributed by atoms with Crippen LogP contribution >= 0.6 is 0 Å². The fourth-order valence-corrected chi connectivity index (χ4v) is 0.723. The van der Waals surface area contributed by atoms with Gasteiger partial charge in [-0.1, -0.05) is 42.5 Å². The molecule has 0 heterocycles. The van der Waals surface area contributed by atoms with E-state index in [4.69, 9.17) is 0 Å². The Balaban J connectivity index is 0.000000810. The van der Waals surface area contributed by atoms with E-state index >= 15 is 0 Å². The summed E-state index contributed by atoms with van der Waals surface area (Å²) >= 11 is 0. The monoisotopic (exact) mass is 153 g/mol. The van der Waals surface area contributed by atoms with Gasteiger partial charge in [0, 0.05) is 0 Å². The maximum absolute atomic E-state index is 3.83. The van der Waals surface area contributed by atoms with Crippen LogP contribution in [0.3, 0.4) is 0 Å². The van der Waals surface area contributed by atoms with Gasteiger partial charge in [0.15, 0.2) is 0 Å². The summed E-state index contributed by atoms with van der Waals surface area (Å²) in [5, 5.41) is 0. The van der Waals surface area contributed by atoms with E-state index in [-0.39, 0.29) is 12.4 Å². The summed E-state index contributed by atoms with van der Waals surface area (Å²) in [5.41, 5.74) is 2.34. The van der Waals surface area contributed by atoms with E-state index in [1.165, 1.54) is 5.56 Å². The van der Waals surface area contributed by atoms with Crippen molar-refractivity contribution in [3.05, 3.63) is 42.5 Å². The third-order valence-corrected chi connectivity index (χ3v) is 1.27. The molecule has 10 heavy (non-hydrogen) atoms. The first kappa shape index (κ1) is 9.25. The van der Waals surface area contributed by atoms with Crippen molar-refractivity contribution in [1.29, 1.82) is 0 Å². The molecule has 0 N–H and O–H groups in total. The highest BCUT2D eigenvalue weighted by Crippen LogP contribution is 2.08. The highest BCUT2D eigenvalue weighted by Gasteiger charge is 1.86. The van der Waals surface area contributed by atoms with Gasteiger partial charge in [-0.05, 0) is 12.5 Å². The number of benzene rings is 1. The first-order chi connectivity index (χ1) is 4.30. The van der Waals surface area contributed by atoms with Crippen LogP contribution in [0.2, 0.25) is 0 Å². The molecule has 0 saturated carbocycles. The molecule has 0 nitrogen and oxygen atoms in total. The van der Waals surface area contributed by atoms with Crippen LogP contribution in [0.15, 0.2) is 36.9 Å². The minimum absolute atomic E-state index is 0. The smallest absolute Gasteiger partial charge is 0.0233 e. The van der Waals surface area contributed by atoms with Gasteiger partial charge in [0.25, 0.3) is 0 Å². The molecule has 0 atom stereocenters. The second-order valence-corrected chi connectivity index (χ2v) is 2.15. The van der Waals surface area contributed by atoms with Crippen LogP contribution in [0.1, 0.15) is 12.5 Å². The van der Waals surface area contributed by atoms with Crippen LogP contribution in [0, 0.1) is 0 Å². The van der Waals surface area contributed by atoms with Crippen molar-refractivity contribution in [2.45, 2.75) is 6.92 Å². The Hall–Kier alpha value is -0.750. The van der Waals surface area contributed by atoms with E-state index in [0.29, 0.717) is 0 Å². The van der Waals surface area contributed by atoms with Crippen LogP contribution in [0.4, 0.5) is 0 Å².